The Kier molecular flexibility index (Phi) is 5.76. The number of aryl methyl sites for hydroxylation is 1. The highest BCUT2D eigenvalue weighted by atomic mass is 35.5. The number of rotatable bonds is 5. The third-order valence-corrected chi connectivity index (χ3v) is 6.91. The number of nitrogens with one attached hydrogen (secondary N) is 1. The Bertz CT molecular complexity index is 1590. The van der Waals surface area contributed by atoms with E-state index in [4.69, 9.17) is 26.2 Å². The van der Waals surface area contributed by atoms with Crippen molar-refractivity contribution < 1.29 is 9.47 Å². The summed E-state index contributed by atoms with van der Waals surface area (Å²) in [6.07, 6.45) is 8.50. The van der Waals surface area contributed by atoms with E-state index in [1.165, 1.54) is 0 Å². The topological polar surface area (TPSA) is 109 Å². The molecule has 1 aliphatic heterocycles. The molecule has 1 saturated heterocycles. The maximum Gasteiger partial charge on any atom is 0.210 e. The smallest absolute Gasteiger partial charge is 0.210 e. The van der Waals surface area contributed by atoms with E-state index >= 15 is 0 Å². The van der Waals surface area contributed by atoms with Gasteiger partial charge >= 0.3 is 0 Å². The van der Waals surface area contributed by atoms with Crippen LogP contribution >= 0.6 is 11.6 Å². The van der Waals surface area contributed by atoms with E-state index in [0.29, 0.717) is 45.3 Å². The summed E-state index contributed by atoms with van der Waals surface area (Å²) in [7, 11) is 1.88. The molecule has 0 saturated carbocycles. The molecule has 0 aliphatic carbocycles. The zero-order valence-corrected chi connectivity index (χ0v) is 21.9. The third kappa shape index (κ3) is 4.38. The molecule has 0 aromatic carbocycles. The van der Waals surface area contributed by atoms with Crippen LogP contribution in [0.2, 0.25) is 5.02 Å². The Hall–Kier alpha value is -3.70. The number of hydrogen-bond donors (Lipinski definition) is 1. The molecule has 1 N–H and O–H groups in total. The maximum atomic E-state index is 6.77. The van der Waals surface area contributed by atoms with Crippen molar-refractivity contribution in [1.29, 1.82) is 0 Å². The van der Waals surface area contributed by atoms with Gasteiger partial charge in [0, 0.05) is 55.9 Å². The van der Waals surface area contributed by atoms with Crippen molar-refractivity contribution in [1.82, 2.24) is 38.9 Å². The van der Waals surface area contributed by atoms with E-state index in [1.54, 1.807) is 35.4 Å². The molecule has 0 unspecified atom stereocenters. The molecule has 5 aromatic rings. The average molecular weight is 522 g/mol. The molecular weight excluding hydrogens is 494 g/mol. The standard InChI is InChI=1S/C25H28ClN9O2/c1-25(2,3)18-12-19(32-35(18)15-5-9-36-10-6-15)30-24-31-23-22(33(24)4)21(26)17(14-28-23)37-16-11-20-27-7-8-34(20)29-13-16/h7-8,11-15H,5-6,9-10H2,1-4H3,(H,28,30,31,32). The second-order valence-electron chi connectivity index (χ2n) is 10.2. The summed E-state index contributed by atoms with van der Waals surface area (Å²) in [6, 6.07) is 4.19. The molecule has 0 radical (unpaired) electrons. The number of aromatic nitrogens is 8. The zero-order chi connectivity index (χ0) is 25.7. The second-order valence-corrected chi connectivity index (χ2v) is 10.6. The first kappa shape index (κ1) is 23.7. The van der Waals surface area contributed by atoms with Gasteiger partial charge in [-0.15, -0.1) is 0 Å². The molecule has 1 fully saturated rings. The summed E-state index contributed by atoms with van der Waals surface area (Å²) in [5.74, 6) is 2.22. The molecular formula is C25H28ClN9O2. The Morgan fingerprint density at radius 3 is 2.73 bits per heavy atom. The Labute approximate surface area is 218 Å². The van der Waals surface area contributed by atoms with Crippen LogP contribution in [0.4, 0.5) is 11.8 Å². The van der Waals surface area contributed by atoms with E-state index in [2.05, 4.69) is 56.9 Å². The molecule has 1 aliphatic rings. The van der Waals surface area contributed by atoms with Gasteiger partial charge in [-0.05, 0) is 12.8 Å². The van der Waals surface area contributed by atoms with Crippen LogP contribution in [0.25, 0.3) is 16.8 Å². The number of nitrogens with zero attached hydrogens (tertiary/aromatic N) is 8. The molecule has 6 heterocycles. The van der Waals surface area contributed by atoms with Crippen LogP contribution in [0.1, 0.15) is 45.3 Å². The maximum absolute atomic E-state index is 6.77. The van der Waals surface area contributed by atoms with E-state index < -0.39 is 0 Å². The van der Waals surface area contributed by atoms with Gasteiger partial charge < -0.3 is 19.4 Å². The van der Waals surface area contributed by atoms with Crippen molar-refractivity contribution in [2.45, 2.75) is 45.1 Å². The fourth-order valence-electron chi connectivity index (χ4n) is 4.61. The second kappa shape index (κ2) is 9.00. The largest absolute Gasteiger partial charge is 0.452 e. The fraction of sp³-hybridized carbons (Fsp3) is 0.400. The van der Waals surface area contributed by atoms with Crippen LogP contribution in [0.5, 0.6) is 11.5 Å². The lowest BCUT2D eigenvalue weighted by Gasteiger charge is -2.28. The summed E-state index contributed by atoms with van der Waals surface area (Å²) < 4.78 is 17.2. The van der Waals surface area contributed by atoms with Crippen LogP contribution < -0.4 is 10.1 Å². The van der Waals surface area contributed by atoms with Gasteiger partial charge in [0.1, 0.15) is 10.5 Å². The highest BCUT2D eigenvalue weighted by Gasteiger charge is 2.27. The molecule has 192 valence electrons. The quantitative estimate of drug-likeness (QED) is 0.342. The van der Waals surface area contributed by atoms with E-state index in [-0.39, 0.29) is 5.41 Å². The van der Waals surface area contributed by atoms with E-state index in [9.17, 15) is 0 Å². The SMILES string of the molecule is Cn1c(Nc2cc(C(C)(C)C)n(C3CCOCC3)n2)nc2ncc(Oc3cnn4ccnc4c3)c(Cl)c21. The molecule has 0 amide bonds. The summed E-state index contributed by atoms with van der Waals surface area (Å²) in [5, 5.41) is 13.0. The van der Waals surface area contributed by atoms with Crippen molar-refractivity contribution in [3.05, 3.63) is 47.6 Å². The number of fused-ring (bicyclic) bond motifs is 2. The monoisotopic (exact) mass is 521 g/mol. The zero-order valence-electron chi connectivity index (χ0n) is 21.1. The van der Waals surface area contributed by atoms with Gasteiger partial charge in [-0.3, -0.25) is 4.68 Å². The van der Waals surface area contributed by atoms with Crippen LogP contribution in [0.15, 0.2) is 36.9 Å². The highest BCUT2D eigenvalue weighted by molar-refractivity contribution is 6.36. The minimum absolute atomic E-state index is 0.0665. The van der Waals surface area contributed by atoms with Crippen molar-refractivity contribution in [2.75, 3.05) is 18.5 Å². The lowest BCUT2D eigenvalue weighted by molar-refractivity contribution is 0.0646. The number of halogens is 1. The predicted octanol–water partition coefficient (Wildman–Crippen LogP) is 5.05. The summed E-state index contributed by atoms with van der Waals surface area (Å²) in [6.45, 7) is 8.10. The summed E-state index contributed by atoms with van der Waals surface area (Å²) >= 11 is 6.77. The van der Waals surface area contributed by atoms with Crippen LogP contribution in [0.3, 0.4) is 0 Å². The molecule has 11 nitrogen and oxygen atoms in total. The van der Waals surface area contributed by atoms with Crippen molar-refractivity contribution in [3.8, 4) is 11.5 Å². The molecule has 6 rings (SSSR count). The average Bonchev–Trinajstić information content (AvgIpc) is 3.59. The number of ether oxygens (including phenoxy) is 2. The van der Waals surface area contributed by atoms with E-state index in [1.807, 2.05) is 11.6 Å². The Balaban J connectivity index is 1.32. The number of anilines is 2. The normalized spacial score (nSPS) is 15.1. The lowest BCUT2D eigenvalue weighted by Crippen LogP contribution is -2.26. The third-order valence-electron chi connectivity index (χ3n) is 6.54. The lowest BCUT2D eigenvalue weighted by atomic mass is 9.91. The first-order chi connectivity index (χ1) is 17.8. The first-order valence-corrected chi connectivity index (χ1v) is 12.6. The van der Waals surface area contributed by atoms with Gasteiger partial charge in [0.25, 0.3) is 0 Å². The van der Waals surface area contributed by atoms with Gasteiger partial charge in [-0.2, -0.15) is 15.2 Å². The predicted molar refractivity (Wildman–Crippen MR) is 140 cm³/mol. The minimum atomic E-state index is -0.0665. The van der Waals surface area contributed by atoms with Crippen molar-refractivity contribution in [2.24, 2.45) is 7.05 Å². The number of hydrogen-bond acceptors (Lipinski definition) is 8. The Morgan fingerprint density at radius 1 is 1.14 bits per heavy atom. The number of imidazole rings is 2. The summed E-state index contributed by atoms with van der Waals surface area (Å²) in [5.41, 5.74) is 2.92. The van der Waals surface area contributed by atoms with Crippen LogP contribution in [-0.2, 0) is 17.2 Å². The van der Waals surface area contributed by atoms with Gasteiger partial charge in [0.15, 0.2) is 28.6 Å². The molecule has 5 aromatic heterocycles. The highest BCUT2D eigenvalue weighted by Crippen LogP contribution is 2.36. The minimum Gasteiger partial charge on any atom is -0.452 e. The molecule has 0 bridgehead atoms. The van der Waals surface area contributed by atoms with Crippen molar-refractivity contribution >= 4 is 40.2 Å². The van der Waals surface area contributed by atoms with Gasteiger partial charge in [-0.1, -0.05) is 32.4 Å². The Morgan fingerprint density at radius 2 is 1.95 bits per heavy atom. The molecule has 0 atom stereocenters. The van der Waals surface area contributed by atoms with Gasteiger partial charge in [0.05, 0.1) is 18.4 Å². The van der Waals surface area contributed by atoms with Crippen LogP contribution in [0, 0.1) is 0 Å². The van der Waals surface area contributed by atoms with Crippen LogP contribution in [-0.4, -0.2) is 52.1 Å². The van der Waals surface area contributed by atoms with E-state index in [0.717, 1.165) is 37.6 Å². The molecule has 37 heavy (non-hydrogen) atoms. The van der Waals surface area contributed by atoms with Gasteiger partial charge in [-0.25, -0.2) is 14.5 Å². The first-order valence-electron chi connectivity index (χ1n) is 12.2. The van der Waals surface area contributed by atoms with Crippen molar-refractivity contribution in [3.63, 3.8) is 0 Å². The fourth-order valence-corrected chi connectivity index (χ4v) is 4.91. The molecule has 12 heteroatoms. The molecule has 0 spiro atoms. The summed E-state index contributed by atoms with van der Waals surface area (Å²) in [4.78, 5) is 13.4. The van der Waals surface area contributed by atoms with Gasteiger partial charge in [0.2, 0.25) is 5.95 Å². The number of pyridine rings is 1.